The standard InChI is InChI=1S/C29H37N6O8P/c1-19(28(38)41-20-10-6-3-2-4-7-11-20)34-44(39,43-21-12-8-5-9-13-21)40-17-29(16-30)26(37)24(36)25(42-29)22-14-15-23-27(31)32-18-33-35(22)23/h5,8-9,12-15,18-20,24-26,36-37H,2-4,6-7,10-11,17H2,1H3,(H,34,39)(H2,31,32,33)/t19-,24-,25-,26-,29+,44-/m0/s1. The molecule has 1 aromatic carbocycles. The summed E-state index contributed by atoms with van der Waals surface area (Å²) in [5, 5.41) is 38.9. The number of nitrogens with two attached hydrogens (primary N) is 1. The molecular formula is C29H37N6O8P. The molecule has 1 saturated carbocycles. The van der Waals surface area contributed by atoms with Crippen LogP contribution < -0.4 is 15.3 Å². The number of fused-ring (bicyclic) bond motifs is 1. The fraction of sp³-hybridized carbons (Fsp3) is 0.517. The van der Waals surface area contributed by atoms with Crippen LogP contribution in [-0.2, 0) is 23.4 Å². The molecule has 1 saturated heterocycles. The number of nitrogens with one attached hydrogen (secondary N) is 1. The molecule has 0 unspecified atom stereocenters. The Balaban J connectivity index is 1.34. The van der Waals surface area contributed by atoms with Gasteiger partial charge in [-0.3, -0.25) is 9.32 Å². The number of aliphatic hydroxyl groups is 2. The normalized spacial score (nSPS) is 26.6. The highest BCUT2D eigenvalue weighted by atomic mass is 31.2. The van der Waals surface area contributed by atoms with E-state index < -0.39 is 50.3 Å². The molecule has 2 aromatic heterocycles. The van der Waals surface area contributed by atoms with Gasteiger partial charge in [0.25, 0.3) is 0 Å². The lowest BCUT2D eigenvalue weighted by Gasteiger charge is -2.29. The quantitative estimate of drug-likeness (QED) is 0.188. The first kappa shape index (κ1) is 31.8. The number of ether oxygens (including phenoxy) is 2. The Kier molecular flexibility index (Phi) is 9.84. The smallest absolute Gasteiger partial charge is 0.459 e. The molecule has 2 fully saturated rings. The number of esters is 1. The van der Waals surface area contributed by atoms with E-state index in [-0.39, 0.29) is 17.7 Å². The van der Waals surface area contributed by atoms with Gasteiger partial charge in [0.15, 0.2) is 5.82 Å². The SMILES string of the molecule is C[C@H](N[P@](=O)(OC[C@@]1(C#N)O[C@@H](c2ccc3c(N)ncnn23)[C@H](O)[C@@H]1O)Oc1ccccc1)C(=O)OC1CCCCCCC1. The zero-order valence-electron chi connectivity index (χ0n) is 24.3. The summed E-state index contributed by atoms with van der Waals surface area (Å²) in [6, 6.07) is 12.1. The van der Waals surface area contributed by atoms with Crippen molar-refractivity contribution in [2.45, 2.75) is 87.9 Å². The highest BCUT2D eigenvalue weighted by Crippen LogP contribution is 2.48. The number of para-hydroxylation sites is 1. The van der Waals surface area contributed by atoms with Gasteiger partial charge in [0.2, 0.25) is 5.60 Å². The second-order valence-electron chi connectivity index (χ2n) is 11.1. The number of carbonyl (C=O) groups is 1. The van der Waals surface area contributed by atoms with Crippen LogP contribution in [-0.4, -0.2) is 67.3 Å². The fourth-order valence-electron chi connectivity index (χ4n) is 5.46. The molecule has 3 aromatic rings. The van der Waals surface area contributed by atoms with Gasteiger partial charge in [-0.2, -0.15) is 15.4 Å². The van der Waals surface area contributed by atoms with Crippen molar-refractivity contribution >= 4 is 25.1 Å². The number of hydrogen-bond donors (Lipinski definition) is 4. The van der Waals surface area contributed by atoms with Gasteiger partial charge in [-0.1, -0.05) is 37.5 Å². The fourth-order valence-corrected chi connectivity index (χ4v) is 6.98. The van der Waals surface area contributed by atoms with Crippen LogP contribution in [0.25, 0.3) is 5.52 Å². The molecule has 44 heavy (non-hydrogen) atoms. The molecule has 15 heteroatoms. The van der Waals surface area contributed by atoms with Crippen LogP contribution in [0, 0.1) is 11.3 Å². The number of nitrogens with zero attached hydrogens (tertiary/aromatic N) is 4. The lowest BCUT2D eigenvalue weighted by molar-refractivity contribution is -0.151. The number of carbonyl (C=O) groups excluding carboxylic acids is 1. The van der Waals surface area contributed by atoms with Gasteiger partial charge in [-0.05, 0) is 56.9 Å². The van der Waals surface area contributed by atoms with Crippen molar-refractivity contribution in [1.29, 1.82) is 5.26 Å². The van der Waals surface area contributed by atoms with Crippen LogP contribution in [0.5, 0.6) is 5.75 Å². The summed E-state index contributed by atoms with van der Waals surface area (Å²) >= 11 is 0. The first-order valence-corrected chi connectivity index (χ1v) is 16.2. The lowest BCUT2D eigenvalue weighted by Crippen LogP contribution is -2.46. The molecule has 14 nitrogen and oxygen atoms in total. The van der Waals surface area contributed by atoms with E-state index in [1.807, 2.05) is 6.07 Å². The van der Waals surface area contributed by atoms with Crippen LogP contribution >= 0.6 is 7.75 Å². The number of aromatic nitrogens is 3. The van der Waals surface area contributed by atoms with Crippen molar-refractivity contribution in [1.82, 2.24) is 19.7 Å². The number of nitrogen functional groups attached to an aromatic ring is 1. The number of anilines is 1. The lowest BCUT2D eigenvalue weighted by atomic mass is 9.96. The average molecular weight is 629 g/mol. The minimum absolute atomic E-state index is 0.164. The number of nitriles is 1. The molecule has 2 aliphatic rings. The third-order valence-electron chi connectivity index (χ3n) is 7.90. The van der Waals surface area contributed by atoms with E-state index in [4.69, 9.17) is 24.3 Å². The Morgan fingerprint density at radius 1 is 1.20 bits per heavy atom. The largest absolute Gasteiger partial charge is 0.461 e. The molecule has 6 atom stereocenters. The Morgan fingerprint density at radius 3 is 2.61 bits per heavy atom. The molecule has 1 aliphatic heterocycles. The van der Waals surface area contributed by atoms with Crippen LogP contribution in [0.15, 0.2) is 48.8 Å². The summed E-state index contributed by atoms with van der Waals surface area (Å²) in [6.45, 7) is 0.682. The zero-order valence-corrected chi connectivity index (χ0v) is 25.2. The van der Waals surface area contributed by atoms with Gasteiger partial charge >= 0.3 is 13.7 Å². The molecule has 5 rings (SSSR count). The van der Waals surface area contributed by atoms with Gasteiger partial charge in [-0.25, -0.2) is 14.1 Å². The van der Waals surface area contributed by atoms with Crippen LogP contribution in [0.3, 0.4) is 0 Å². The molecule has 1 aliphatic carbocycles. The van der Waals surface area contributed by atoms with E-state index >= 15 is 0 Å². The Hall–Kier alpha value is -3.57. The predicted molar refractivity (Wildman–Crippen MR) is 157 cm³/mol. The van der Waals surface area contributed by atoms with Gasteiger partial charge in [0.1, 0.15) is 60.7 Å². The third kappa shape index (κ3) is 6.89. The summed E-state index contributed by atoms with van der Waals surface area (Å²) in [6.07, 6.45) is 3.15. The average Bonchev–Trinajstić information content (AvgIpc) is 3.53. The van der Waals surface area contributed by atoms with Crippen LogP contribution in [0.4, 0.5) is 5.82 Å². The van der Waals surface area contributed by atoms with Gasteiger partial charge < -0.3 is 29.9 Å². The molecule has 0 amide bonds. The van der Waals surface area contributed by atoms with Gasteiger partial charge in [0, 0.05) is 0 Å². The minimum Gasteiger partial charge on any atom is -0.461 e. The molecule has 0 bridgehead atoms. The van der Waals surface area contributed by atoms with E-state index in [2.05, 4.69) is 15.2 Å². The van der Waals surface area contributed by atoms with E-state index in [0.717, 1.165) is 38.5 Å². The Labute approximate surface area is 254 Å². The maximum atomic E-state index is 14.1. The number of hydrogen-bond acceptors (Lipinski definition) is 12. The Morgan fingerprint density at radius 2 is 1.91 bits per heavy atom. The van der Waals surface area contributed by atoms with E-state index in [1.165, 1.54) is 24.2 Å². The number of rotatable bonds is 10. The maximum Gasteiger partial charge on any atom is 0.459 e. The van der Waals surface area contributed by atoms with E-state index in [0.29, 0.717) is 11.2 Å². The second kappa shape index (κ2) is 13.6. The van der Waals surface area contributed by atoms with Gasteiger partial charge in [0.05, 0.1) is 5.69 Å². The first-order valence-electron chi connectivity index (χ1n) is 14.7. The van der Waals surface area contributed by atoms with Crippen LogP contribution in [0.1, 0.15) is 63.7 Å². The molecule has 0 radical (unpaired) electrons. The third-order valence-corrected chi connectivity index (χ3v) is 9.52. The topological polar surface area (TPSA) is 204 Å². The van der Waals surface area contributed by atoms with E-state index in [9.17, 15) is 24.8 Å². The maximum absolute atomic E-state index is 14.1. The highest BCUT2D eigenvalue weighted by molar-refractivity contribution is 7.52. The molecular weight excluding hydrogens is 591 g/mol. The van der Waals surface area contributed by atoms with Crippen molar-refractivity contribution in [2.24, 2.45) is 0 Å². The van der Waals surface area contributed by atoms with Crippen molar-refractivity contribution in [3.05, 3.63) is 54.5 Å². The Bertz CT molecular complexity index is 1530. The second-order valence-corrected chi connectivity index (χ2v) is 12.8. The molecule has 236 valence electrons. The summed E-state index contributed by atoms with van der Waals surface area (Å²) in [5.41, 5.74) is 4.47. The van der Waals surface area contributed by atoms with Gasteiger partial charge in [-0.15, -0.1) is 0 Å². The minimum atomic E-state index is -4.42. The number of benzene rings is 1. The van der Waals surface area contributed by atoms with Crippen molar-refractivity contribution in [3.8, 4) is 11.8 Å². The van der Waals surface area contributed by atoms with Crippen molar-refractivity contribution in [2.75, 3.05) is 12.3 Å². The molecule has 3 heterocycles. The molecule has 5 N–H and O–H groups in total. The first-order chi connectivity index (χ1) is 21.1. The number of aliphatic hydroxyl groups excluding tert-OH is 2. The predicted octanol–water partition coefficient (Wildman–Crippen LogP) is 3.20. The van der Waals surface area contributed by atoms with Crippen molar-refractivity contribution in [3.63, 3.8) is 0 Å². The zero-order chi connectivity index (χ0) is 31.3. The van der Waals surface area contributed by atoms with Crippen LogP contribution in [0.2, 0.25) is 0 Å². The van der Waals surface area contributed by atoms with E-state index in [1.54, 1.807) is 42.5 Å². The summed E-state index contributed by atoms with van der Waals surface area (Å²) in [5.74, 6) is -0.279. The highest BCUT2D eigenvalue weighted by Gasteiger charge is 2.57. The monoisotopic (exact) mass is 628 g/mol. The van der Waals surface area contributed by atoms with Crippen molar-refractivity contribution < 1.29 is 38.1 Å². The summed E-state index contributed by atoms with van der Waals surface area (Å²) in [7, 11) is -4.42. The summed E-state index contributed by atoms with van der Waals surface area (Å²) < 4.78 is 38.5. The summed E-state index contributed by atoms with van der Waals surface area (Å²) in [4.78, 5) is 17.0. The molecule has 0 spiro atoms.